The molecule has 1 aromatic rings. The summed E-state index contributed by atoms with van der Waals surface area (Å²) in [5.41, 5.74) is 7.50. The first-order chi connectivity index (χ1) is 10.1. The van der Waals surface area contributed by atoms with E-state index < -0.39 is 0 Å². The molecule has 1 saturated heterocycles. The molecule has 21 heavy (non-hydrogen) atoms. The van der Waals surface area contributed by atoms with E-state index in [2.05, 4.69) is 24.1 Å². The zero-order valence-corrected chi connectivity index (χ0v) is 13.1. The normalized spacial score (nSPS) is 23.0. The Bertz CT molecular complexity index is 475. The lowest BCUT2D eigenvalue weighted by Crippen LogP contribution is -2.39. The predicted molar refractivity (Wildman–Crippen MR) is 87.0 cm³/mol. The molecule has 2 unspecified atom stereocenters. The van der Waals surface area contributed by atoms with Crippen molar-refractivity contribution in [3.05, 3.63) is 29.8 Å². The average Bonchev–Trinajstić information content (AvgIpc) is 2.49. The lowest BCUT2D eigenvalue weighted by atomic mass is 9.89. The number of para-hydroxylation sites is 1. The van der Waals surface area contributed by atoms with Gasteiger partial charge in [-0.2, -0.15) is 0 Å². The molecule has 2 atom stereocenters. The summed E-state index contributed by atoms with van der Waals surface area (Å²) in [6.07, 6.45) is 1.78. The van der Waals surface area contributed by atoms with Gasteiger partial charge < -0.3 is 16.0 Å². The predicted octanol–water partition coefficient (Wildman–Crippen LogP) is 2.45. The van der Waals surface area contributed by atoms with Crippen LogP contribution in [0.25, 0.3) is 0 Å². The highest BCUT2D eigenvalue weighted by Crippen LogP contribution is 2.22. The van der Waals surface area contributed by atoms with Gasteiger partial charge in [0.25, 0.3) is 0 Å². The Kier molecular flexibility index (Phi) is 5.76. The minimum Gasteiger partial charge on any atom is -0.326 e. The smallest absolute Gasteiger partial charge is 0.225 e. The maximum Gasteiger partial charge on any atom is 0.225 e. The van der Waals surface area contributed by atoms with Crippen LogP contribution >= 0.6 is 0 Å². The van der Waals surface area contributed by atoms with Gasteiger partial charge >= 0.3 is 0 Å². The molecule has 0 spiro atoms. The molecule has 3 N–H and O–H groups in total. The molecule has 1 aliphatic rings. The van der Waals surface area contributed by atoms with E-state index in [0.29, 0.717) is 13.0 Å². The van der Waals surface area contributed by atoms with Crippen LogP contribution in [0.1, 0.15) is 32.3 Å². The topological polar surface area (TPSA) is 58.4 Å². The Morgan fingerprint density at radius 3 is 2.81 bits per heavy atom. The molecule has 4 nitrogen and oxygen atoms in total. The summed E-state index contributed by atoms with van der Waals surface area (Å²) in [7, 11) is 0. The van der Waals surface area contributed by atoms with Crippen molar-refractivity contribution in [2.75, 3.05) is 25.0 Å². The number of hydrogen-bond donors (Lipinski definition) is 2. The molecule has 4 heteroatoms. The van der Waals surface area contributed by atoms with E-state index in [-0.39, 0.29) is 5.91 Å². The molecule has 0 aromatic heterocycles. The van der Waals surface area contributed by atoms with E-state index in [4.69, 9.17) is 5.73 Å². The third-order valence-corrected chi connectivity index (χ3v) is 4.58. The minimum absolute atomic E-state index is 0.0715. The summed E-state index contributed by atoms with van der Waals surface area (Å²) in [5.74, 6) is 1.59. The molecule has 1 aromatic carbocycles. The SMILES string of the molecule is CC1CCN(CCC(=O)Nc2ccccc2CN)CC1C. The highest BCUT2D eigenvalue weighted by Gasteiger charge is 2.22. The molecule has 0 bridgehead atoms. The summed E-state index contributed by atoms with van der Waals surface area (Å²) >= 11 is 0. The monoisotopic (exact) mass is 289 g/mol. The van der Waals surface area contributed by atoms with Crippen molar-refractivity contribution in [1.82, 2.24) is 4.90 Å². The molecular formula is C17H27N3O. The van der Waals surface area contributed by atoms with Crippen molar-refractivity contribution >= 4 is 11.6 Å². The molecule has 1 amide bonds. The van der Waals surface area contributed by atoms with Crippen LogP contribution in [-0.2, 0) is 11.3 Å². The van der Waals surface area contributed by atoms with E-state index in [0.717, 1.165) is 42.7 Å². The van der Waals surface area contributed by atoms with Crippen LogP contribution in [0.15, 0.2) is 24.3 Å². The van der Waals surface area contributed by atoms with Gasteiger partial charge in [0.1, 0.15) is 0 Å². The summed E-state index contributed by atoms with van der Waals surface area (Å²) in [4.78, 5) is 14.5. The fourth-order valence-corrected chi connectivity index (χ4v) is 2.84. The molecule has 0 radical (unpaired) electrons. The van der Waals surface area contributed by atoms with Crippen molar-refractivity contribution < 1.29 is 4.79 Å². The Hall–Kier alpha value is -1.39. The van der Waals surface area contributed by atoms with Gasteiger partial charge in [0.15, 0.2) is 0 Å². The number of anilines is 1. The number of amides is 1. The van der Waals surface area contributed by atoms with E-state index in [1.54, 1.807) is 0 Å². The molecule has 0 aliphatic carbocycles. The van der Waals surface area contributed by atoms with E-state index in [1.165, 1.54) is 6.42 Å². The van der Waals surface area contributed by atoms with Crippen LogP contribution in [0.5, 0.6) is 0 Å². The van der Waals surface area contributed by atoms with E-state index in [1.807, 2.05) is 24.3 Å². The van der Waals surface area contributed by atoms with Crippen LogP contribution in [0.2, 0.25) is 0 Å². The second kappa shape index (κ2) is 7.57. The van der Waals surface area contributed by atoms with Crippen molar-refractivity contribution in [1.29, 1.82) is 0 Å². The second-order valence-electron chi connectivity index (χ2n) is 6.20. The van der Waals surface area contributed by atoms with Crippen molar-refractivity contribution in [2.45, 2.75) is 33.2 Å². The number of likely N-dealkylation sites (tertiary alicyclic amines) is 1. The number of hydrogen-bond acceptors (Lipinski definition) is 3. The quantitative estimate of drug-likeness (QED) is 0.875. The molecule has 0 saturated carbocycles. The number of nitrogens with one attached hydrogen (secondary N) is 1. The Labute approximate surface area is 127 Å². The molecule has 1 fully saturated rings. The Morgan fingerprint density at radius 2 is 2.10 bits per heavy atom. The Balaban J connectivity index is 1.80. The van der Waals surface area contributed by atoms with Crippen LogP contribution in [0.4, 0.5) is 5.69 Å². The summed E-state index contributed by atoms with van der Waals surface area (Å²) in [6, 6.07) is 7.71. The average molecular weight is 289 g/mol. The van der Waals surface area contributed by atoms with Crippen molar-refractivity contribution in [3.8, 4) is 0 Å². The third kappa shape index (κ3) is 4.55. The van der Waals surface area contributed by atoms with Crippen molar-refractivity contribution in [2.24, 2.45) is 17.6 Å². The van der Waals surface area contributed by atoms with Gasteiger partial charge in [-0.15, -0.1) is 0 Å². The van der Waals surface area contributed by atoms with E-state index in [9.17, 15) is 4.79 Å². The summed E-state index contributed by atoms with van der Waals surface area (Å²) in [5, 5.41) is 2.98. The highest BCUT2D eigenvalue weighted by atomic mass is 16.1. The lowest BCUT2D eigenvalue weighted by Gasteiger charge is -2.35. The molecule has 116 valence electrons. The third-order valence-electron chi connectivity index (χ3n) is 4.58. The number of carbonyl (C=O) groups is 1. The van der Waals surface area contributed by atoms with Crippen LogP contribution in [-0.4, -0.2) is 30.4 Å². The minimum atomic E-state index is 0.0715. The molecule has 2 rings (SSSR count). The van der Waals surface area contributed by atoms with Gasteiger partial charge in [-0.3, -0.25) is 4.79 Å². The Morgan fingerprint density at radius 1 is 1.33 bits per heavy atom. The van der Waals surface area contributed by atoms with Crippen LogP contribution < -0.4 is 11.1 Å². The summed E-state index contributed by atoms with van der Waals surface area (Å²) < 4.78 is 0. The summed E-state index contributed by atoms with van der Waals surface area (Å²) in [6.45, 7) is 8.12. The maximum atomic E-state index is 12.1. The number of benzene rings is 1. The van der Waals surface area contributed by atoms with Crippen LogP contribution in [0.3, 0.4) is 0 Å². The van der Waals surface area contributed by atoms with Gasteiger partial charge in [-0.25, -0.2) is 0 Å². The fraction of sp³-hybridized carbons (Fsp3) is 0.588. The molecule has 1 aliphatic heterocycles. The maximum absolute atomic E-state index is 12.1. The number of nitrogens with two attached hydrogens (primary N) is 1. The first-order valence-electron chi connectivity index (χ1n) is 7.90. The largest absolute Gasteiger partial charge is 0.326 e. The van der Waals surface area contributed by atoms with Crippen molar-refractivity contribution in [3.63, 3.8) is 0 Å². The number of piperidine rings is 1. The first kappa shape index (κ1) is 16.0. The van der Waals surface area contributed by atoms with Crippen LogP contribution in [0, 0.1) is 11.8 Å². The fourth-order valence-electron chi connectivity index (χ4n) is 2.84. The van der Waals surface area contributed by atoms with Gasteiger partial charge in [0.05, 0.1) is 0 Å². The van der Waals surface area contributed by atoms with Gasteiger partial charge in [-0.1, -0.05) is 32.0 Å². The van der Waals surface area contributed by atoms with Gasteiger partial charge in [0, 0.05) is 31.7 Å². The van der Waals surface area contributed by atoms with Gasteiger partial charge in [-0.05, 0) is 36.4 Å². The van der Waals surface area contributed by atoms with E-state index >= 15 is 0 Å². The zero-order valence-electron chi connectivity index (χ0n) is 13.1. The second-order valence-corrected chi connectivity index (χ2v) is 6.20. The highest BCUT2D eigenvalue weighted by molar-refractivity contribution is 5.91. The lowest BCUT2D eigenvalue weighted by molar-refractivity contribution is -0.116. The molecular weight excluding hydrogens is 262 g/mol. The number of nitrogens with zero attached hydrogens (tertiary/aromatic N) is 1. The zero-order chi connectivity index (χ0) is 15.2. The number of carbonyl (C=O) groups excluding carboxylic acids is 1. The number of rotatable bonds is 5. The first-order valence-corrected chi connectivity index (χ1v) is 7.90. The standard InChI is InChI=1S/C17H27N3O/c1-13-7-9-20(12-14(13)2)10-8-17(21)19-16-6-4-3-5-15(16)11-18/h3-6,13-14H,7-12,18H2,1-2H3,(H,19,21). The molecule has 1 heterocycles. The van der Waals surface area contributed by atoms with Gasteiger partial charge in [0.2, 0.25) is 5.91 Å².